The van der Waals surface area contributed by atoms with Gasteiger partial charge in [-0.2, -0.15) is 0 Å². The fraction of sp³-hybridized carbons (Fsp3) is 0.423. The maximum atomic E-state index is 12.9. The molecule has 2 heterocycles. The Hall–Kier alpha value is -2.95. The lowest BCUT2D eigenvalue weighted by atomic mass is 9.86. The summed E-state index contributed by atoms with van der Waals surface area (Å²) >= 11 is 0. The molecule has 1 aromatic heterocycles. The van der Waals surface area contributed by atoms with Crippen LogP contribution in [0.5, 0.6) is 11.5 Å². The first-order valence-electron chi connectivity index (χ1n) is 11.5. The average Bonchev–Trinajstić information content (AvgIpc) is 3.44. The molecular weight excluding hydrogens is 388 g/mol. The maximum absolute atomic E-state index is 12.9. The first-order chi connectivity index (χ1) is 15.2. The number of aromatic nitrogens is 1. The number of carbonyl (C=O) groups excluding carboxylic acids is 1. The number of aryl methyl sites for hydroxylation is 1. The number of benzene rings is 2. The highest BCUT2D eigenvalue weighted by molar-refractivity contribution is 5.88. The van der Waals surface area contributed by atoms with Crippen molar-refractivity contribution < 1.29 is 14.3 Å². The number of carbonyl (C=O) groups is 1. The summed E-state index contributed by atoms with van der Waals surface area (Å²) in [6.07, 6.45) is 7.96. The largest absolute Gasteiger partial charge is 0.454 e. The number of para-hydroxylation sites is 2. The summed E-state index contributed by atoms with van der Waals surface area (Å²) in [4.78, 5) is 16.4. The Morgan fingerprint density at radius 3 is 2.77 bits per heavy atom. The van der Waals surface area contributed by atoms with Gasteiger partial charge in [-0.25, -0.2) is 0 Å². The van der Waals surface area contributed by atoms with Crippen LogP contribution in [0.15, 0.2) is 42.6 Å². The molecule has 2 N–H and O–H groups in total. The Morgan fingerprint density at radius 2 is 1.94 bits per heavy atom. The Bertz CT molecular complexity index is 1040. The van der Waals surface area contributed by atoms with Gasteiger partial charge in [0.15, 0.2) is 11.5 Å². The number of rotatable bonds is 10. The molecular formula is C26H32N2O3. The monoisotopic (exact) mass is 420 g/mol. The third-order valence-electron chi connectivity index (χ3n) is 6.13. The van der Waals surface area contributed by atoms with Crippen molar-refractivity contribution in [3.8, 4) is 11.5 Å². The minimum absolute atomic E-state index is 0.0685. The Morgan fingerprint density at radius 1 is 1.06 bits per heavy atom. The molecule has 1 aliphatic heterocycles. The fourth-order valence-electron chi connectivity index (χ4n) is 4.47. The molecule has 1 aliphatic rings. The van der Waals surface area contributed by atoms with Crippen LogP contribution in [0.2, 0.25) is 0 Å². The quantitative estimate of drug-likeness (QED) is 0.415. The van der Waals surface area contributed by atoms with Gasteiger partial charge in [-0.05, 0) is 30.0 Å². The van der Waals surface area contributed by atoms with Gasteiger partial charge >= 0.3 is 0 Å². The van der Waals surface area contributed by atoms with E-state index in [1.54, 1.807) is 0 Å². The van der Waals surface area contributed by atoms with Gasteiger partial charge in [0.25, 0.3) is 0 Å². The standard InChI is InChI=1S/C26H32N2O3/c1-3-5-6-7-14-27-24(29)15-21(20-12-9-13-23-26(20)31-17-30-23)22-16-28-25-18(4-2)10-8-11-19(22)25/h8-13,16,21,28H,3-7,14-15,17H2,1-2H3,(H,27,29)/t21-/m1/s1. The van der Waals surface area contributed by atoms with Crippen molar-refractivity contribution in [2.24, 2.45) is 0 Å². The predicted molar refractivity (Wildman–Crippen MR) is 124 cm³/mol. The number of H-pyrrole nitrogens is 1. The summed E-state index contributed by atoms with van der Waals surface area (Å²) in [5.41, 5.74) is 4.55. The van der Waals surface area contributed by atoms with Crippen LogP contribution in [0.4, 0.5) is 0 Å². The van der Waals surface area contributed by atoms with E-state index in [-0.39, 0.29) is 18.6 Å². The second-order valence-electron chi connectivity index (χ2n) is 8.19. The van der Waals surface area contributed by atoms with Crippen LogP contribution in [0, 0.1) is 0 Å². The number of aromatic amines is 1. The van der Waals surface area contributed by atoms with Crippen molar-refractivity contribution in [2.45, 2.75) is 58.3 Å². The molecule has 0 saturated carbocycles. The van der Waals surface area contributed by atoms with Gasteiger partial charge in [0.2, 0.25) is 12.7 Å². The normalized spacial score (nSPS) is 13.5. The zero-order chi connectivity index (χ0) is 21.6. The second kappa shape index (κ2) is 9.90. The van der Waals surface area contributed by atoms with E-state index in [1.807, 2.05) is 12.1 Å². The number of amides is 1. The van der Waals surface area contributed by atoms with Gasteiger partial charge in [-0.1, -0.05) is 63.4 Å². The molecule has 3 aromatic rings. The number of hydrogen-bond donors (Lipinski definition) is 2. The molecule has 0 aliphatic carbocycles. The molecule has 31 heavy (non-hydrogen) atoms. The molecule has 1 amide bonds. The molecule has 0 spiro atoms. The van der Waals surface area contributed by atoms with Crippen molar-refractivity contribution in [1.82, 2.24) is 10.3 Å². The molecule has 2 aromatic carbocycles. The Kier molecular flexibility index (Phi) is 6.80. The number of unbranched alkanes of at least 4 members (excludes halogenated alkanes) is 3. The molecule has 1 atom stereocenters. The summed E-state index contributed by atoms with van der Waals surface area (Å²) in [5.74, 6) is 1.45. The molecule has 0 saturated heterocycles. The lowest BCUT2D eigenvalue weighted by Gasteiger charge is -2.19. The molecule has 0 fully saturated rings. The lowest BCUT2D eigenvalue weighted by molar-refractivity contribution is -0.121. The van der Waals surface area contributed by atoms with E-state index in [0.717, 1.165) is 59.3 Å². The number of ether oxygens (including phenoxy) is 2. The van der Waals surface area contributed by atoms with Crippen LogP contribution < -0.4 is 14.8 Å². The van der Waals surface area contributed by atoms with Crippen molar-refractivity contribution in [3.63, 3.8) is 0 Å². The van der Waals surface area contributed by atoms with Crippen molar-refractivity contribution >= 4 is 16.8 Å². The molecule has 0 radical (unpaired) electrons. The number of nitrogens with one attached hydrogen (secondary N) is 2. The first kappa shape index (κ1) is 21.3. The number of fused-ring (bicyclic) bond motifs is 2. The predicted octanol–water partition coefficient (Wildman–Crippen LogP) is 5.68. The van der Waals surface area contributed by atoms with E-state index < -0.39 is 0 Å². The molecule has 5 nitrogen and oxygen atoms in total. The van der Waals surface area contributed by atoms with E-state index in [1.165, 1.54) is 18.4 Å². The fourth-order valence-corrected chi connectivity index (χ4v) is 4.47. The molecule has 4 rings (SSSR count). The third-order valence-corrected chi connectivity index (χ3v) is 6.13. The topological polar surface area (TPSA) is 63.4 Å². The maximum Gasteiger partial charge on any atom is 0.231 e. The van der Waals surface area contributed by atoms with E-state index in [0.29, 0.717) is 6.42 Å². The van der Waals surface area contributed by atoms with Gasteiger partial charge in [-0.3, -0.25) is 4.79 Å². The van der Waals surface area contributed by atoms with E-state index in [9.17, 15) is 4.79 Å². The zero-order valence-electron chi connectivity index (χ0n) is 18.5. The van der Waals surface area contributed by atoms with Crippen LogP contribution in [-0.4, -0.2) is 24.2 Å². The summed E-state index contributed by atoms with van der Waals surface area (Å²) < 4.78 is 11.4. The summed E-state index contributed by atoms with van der Waals surface area (Å²) in [6, 6.07) is 12.3. The highest BCUT2D eigenvalue weighted by Crippen LogP contribution is 2.44. The summed E-state index contributed by atoms with van der Waals surface area (Å²) in [5, 5.41) is 4.28. The van der Waals surface area contributed by atoms with E-state index in [4.69, 9.17) is 9.47 Å². The van der Waals surface area contributed by atoms with Gasteiger partial charge < -0.3 is 19.8 Å². The number of hydrogen-bond acceptors (Lipinski definition) is 3. The summed E-state index contributed by atoms with van der Waals surface area (Å²) in [7, 11) is 0. The Balaban J connectivity index is 1.65. The minimum atomic E-state index is -0.117. The SMILES string of the molecule is CCCCCCNC(=O)C[C@H](c1cccc2c1OCO2)c1c[nH]c2c(CC)cccc12. The van der Waals surface area contributed by atoms with Gasteiger partial charge in [0.1, 0.15) is 0 Å². The lowest BCUT2D eigenvalue weighted by Crippen LogP contribution is -2.26. The second-order valence-corrected chi connectivity index (χ2v) is 8.19. The molecule has 0 bridgehead atoms. The van der Waals surface area contributed by atoms with Crippen LogP contribution >= 0.6 is 0 Å². The molecule has 0 unspecified atom stereocenters. The van der Waals surface area contributed by atoms with Crippen LogP contribution in [-0.2, 0) is 11.2 Å². The van der Waals surface area contributed by atoms with Crippen LogP contribution in [0.25, 0.3) is 10.9 Å². The van der Waals surface area contributed by atoms with Crippen molar-refractivity contribution in [1.29, 1.82) is 0 Å². The first-order valence-corrected chi connectivity index (χ1v) is 11.5. The minimum Gasteiger partial charge on any atom is -0.454 e. The highest BCUT2D eigenvalue weighted by atomic mass is 16.7. The van der Waals surface area contributed by atoms with Crippen LogP contribution in [0.3, 0.4) is 0 Å². The van der Waals surface area contributed by atoms with Crippen molar-refractivity contribution in [2.75, 3.05) is 13.3 Å². The smallest absolute Gasteiger partial charge is 0.231 e. The Labute approximate surface area is 184 Å². The third kappa shape index (κ3) is 4.55. The van der Waals surface area contributed by atoms with E-state index >= 15 is 0 Å². The zero-order valence-corrected chi connectivity index (χ0v) is 18.5. The average molecular weight is 421 g/mol. The van der Waals surface area contributed by atoms with E-state index in [2.05, 4.69) is 54.6 Å². The highest BCUT2D eigenvalue weighted by Gasteiger charge is 2.28. The summed E-state index contributed by atoms with van der Waals surface area (Å²) in [6.45, 7) is 5.30. The van der Waals surface area contributed by atoms with Gasteiger partial charge in [0, 0.05) is 41.5 Å². The van der Waals surface area contributed by atoms with Gasteiger partial charge in [-0.15, -0.1) is 0 Å². The molecule has 164 valence electrons. The van der Waals surface area contributed by atoms with Crippen LogP contribution in [0.1, 0.15) is 68.6 Å². The van der Waals surface area contributed by atoms with Gasteiger partial charge in [0.05, 0.1) is 0 Å². The molecule has 5 heteroatoms. The van der Waals surface area contributed by atoms with Crippen molar-refractivity contribution in [3.05, 3.63) is 59.3 Å².